The highest BCUT2D eigenvalue weighted by molar-refractivity contribution is 7.90. The van der Waals surface area contributed by atoms with Gasteiger partial charge in [-0.25, -0.2) is 12.8 Å². The van der Waals surface area contributed by atoms with Gasteiger partial charge in [-0.3, -0.25) is 0 Å². The Balaban J connectivity index is 3.52. The second kappa shape index (κ2) is 3.67. The van der Waals surface area contributed by atoms with Gasteiger partial charge < -0.3 is 5.73 Å². The molecule has 0 aliphatic heterocycles. The van der Waals surface area contributed by atoms with Crippen molar-refractivity contribution >= 4 is 9.84 Å². The number of hydrogen-bond acceptors (Lipinski definition) is 3. The van der Waals surface area contributed by atoms with Crippen molar-refractivity contribution in [2.75, 3.05) is 6.26 Å². The number of hydrogen-bond donors (Lipinski definition) is 1. The molecule has 0 spiro atoms. The summed E-state index contributed by atoms with van der Waals surface area (Å²) in [7, 11) is -3.42. The molecule has 3 nitrogen and oxygen atoms in total. The van der Waals surface area contributed by atoms with Crippen LogP contribution in [0.4, 0.5) is 4.39 Å². The molecular formula is C9H12FNO2S. The molecule has 0 heterocycles. The first-order chi connectivity index (χ1) is 6.34. The van der Waals surface area contributed by atoms with Gasteiger partial charge >= 0.3 is 0 Å². The lowest BCUT2D eigenvalue weighted by Gasteiger charge is -2.11. The number of benzene rings is 1. The lowest BCUT2D eigenvalue weighted by atomic mass is 10.1. The largest absolute Gasteiger partial charge is 0.324 e. The first-order valence-electron chi connectivity index (χ1n) is 4.08. The molecule has 0 amide bonds. The van der Waals surface area contributed by atoms with Gasteiger partial charge in [-0.2, -0.15) is 0 Å². The maximum atomic E-state index is 13.3. The zero-order valence-electron chi connectivity index (χ0n) is 7.99. The Labute approximate surface area is 82.7 Å². The van der Waals surface area contributed by atoms with Crippen LogP contribution in [-0.2, 0) is 9.84 Å². The zero-order valence-corrected chi connectivity index (χ0v) is 8.81. The van der Waals surface area contributed by atoms with Crippen molar-refractivity contribution in [3.8, 4) is 0 Å². The highest BCUT2D eigenvalue weighted by Gasteiger charge is 2.18. The lowest BCUT2D eigenvalue weighted by molar-refractivity contribution is 0.572. The van der Waals surface area contributed by atoms with E-state index >= 15 is 0 Å². The topological polar surface area (TPSA) is 60.2 Å². The van der Waals surface area contributed by atoms with Crippen molar-refractivity contribution in [3.63, 3.8) is 0 Å². The smallest absolute Gasteiger partial charge is 0.175 e. The van der Waals surface area contributed by atoms with Gasteiger partial charge in [0.1, 0.15) is 5.82 Å². The van der Waals surface area contributed by atoms with E-state index < -0.39 is 21.7 Å². The average Bonchev–Trinajstić information content (AvgIpc) is 2.01. The molecule has 0 radical (unpaired) electrons. The fourth-order valence-electron chi connectivity index (χ4n) is 1.28. The summed E-state index contributed by atoms with van der Waals surface area (Å²) in [5.74, 6) is -0.581. The van der Waals surface area contributed by atoms with Crippen LogP contribution < -0.4 is 5.73 Å². The van der Waals surface area contributed by atoms with E-state index in [4.69, 9.17) is 5.73 Å². The van der Waals surface area contributed by atoms with Crippen molar-refractivity contribution in [3.05, 3.63) is 29.6 Å². The molecule has 78 valence electrons. The van der Waals surface area contributed by atoms with Gasteiger partial charge in [-0.1, -0.05) is 6.07 Å². The van der Waals surface area contributed by atoms with Crippen molar-refractivity contribution < 1.29 is 12.8 Å². The maximum absolute atomic E-state index is 13.3. The van der Waals surface area contributed by atoms with E-state index in [1.807, 2.05) is 0 Å². The first kappa shape index (κ1) is 11.1. The summed E-state index contributed by atoms with van der Waals surface area (Å²) >= 11 is 0. The minimum atomic E-state index is -3.42. The summed E-state index contributed by atoms with van der Waals surface area (Å²) in [6, 6.07) is 3.28. The Morgan fingerprint density at radius 3 is 2.36 bits per heavy atom. The van der Waals surface area contributed by atoms with E-state index in [2.05, 4.69) is 0 Å². The minimum absolute atomic E-state index is 0.0347. The van der Waals surface area contributed by atoms with E-state index in [-0.39, 0.29) is 10.5 Å². The van der Waals surface area contributed by atoms with E-state index in [0.717, 1.165) is 6.26 Å². The van der Waals surface area contributed by atoms with Gasteiger partial charge in [0.2, 0.25) is 0 Å². The summed E-state index contributed by atoms with van der Waals surface area (Å²) in [5.41, 5.74) is 5.56. The van der Waals surface area contributed by atoms with E-state index in [0.29, 0.717) is 0 Å². The SMILES string of the molecule is CC(N)c1c(F)cccc1S(C)(=O)=O. The Hall–Kier alpha value is -0.940. The molecule has 0 saturated heterocycles. The van der Waals surface area contributed by atoms with Crippen molar-refractivity contribution in [2.45, 2.75) is 17.9 Å². The molecule has 1 aromatic carbocycles. The Morgan fingerprint density at radius 2 is 2.00 bits per heavy atom. The molecule has 1 rings (SSSR count). The molecule has 0 fully saturated rings. The van der Waals surface area contributed by atoms with Gasteiger partial charge in [-0.05, 0) is 19.1 Å². The first-order valence-corrected chi connectivity index (χ1v) is 5.97. The maximum Gasteiger partial charge on any atom is 0.175 e. The van der Waals surface area contributed by atoms with Gasteiger partial charge in [0.05, 0.1) is 4.90 Å². The molecule has 1 atom stereocenters. The highest BCUT2D eigenvalue weighted by Crippen LogP contribution is 2.23. The Kier molecular flexibility index (Phi) is 2.92. The van der Waals surface area contributed by atoms with Gasteiger partial charge in [-0.15, -0.1) is 0 Å². The number of rotatable bonds is 2. The van der Waals surface area contributed by atoms with Crippen LogP contribution in [0.2, 0.25) is 0 Å². The van der Waals surface area contributed by atoms with Gasteiger partial charge in [0.25, 0.3) is 0 Å². The van der Waals surface area contributed by atoms with Crippen LogP contribution in [0.1, 0.15) is 18.5 Å². The third kappa shape index (κ3) is 2.10. The second-order valence-corrected chi connectivity index (χ2v) is 5.20. The summed E-state index contributed by atoms with van der Waals surface area (Å²) in [6.07, 6.45) is 1.04. The summed E-state index contributed by atoms with van der Waals surface area (Å²) < 4.78 is 35.9. The van der Waals surface area contributed by atoms with Crippen LogP contribution in [0.3, 0.4) is 0 Å². The van der Waals surface area contributed by atoms with Crippen LogP contribution in [0.15, 0.2) is 23.1 Å². The lowest BCUT2D eigenvalue weighted by Crippen LogP contribution is -2.13. The molecule has 0 aliphatic rings. The average molecular weight is 217 g/mol. The summed E-state index contributed by atoms with van der Waals surface area (Å²) in [4.78, 5) is -0.0347. The number of nitrogens with two attached hydrogens (primary N) is 1. The second-order valence-electron chi connectivity index (χ2n) is 3.21. The Morgan fingerprint density at radius 1 is 1.43 bits per heavy atom. The molecule has 0 saturated carbocycles. The number of sulfone groups is 1. The number of halogens is 1. The van der Waals surface area contributed by atoms with Crippen molar-refractivity contribution in [1.82, 2.24) is 0 Å². The Bertz CT molecular complexity index is 440. The van der Waals surface area contributed by atoms with Crippen molar-refractivity contribution in [2.24, 2.45) is 5.73 Å². The monoisotopic (exact) mass is 217 g/mol. The van der Waals surface area contributed by atoms with E-state index in [1.54, 1.807) is 6.92 Å². The van der Waals surface area contributed by atoms with Crippen molar-refractivity contribution in [1.29, 1.82) is 0 Å². The molecule has 5 heteroatoms. The van der Waals surface area contributed by atoms with Gasteiger partial charge in [0.15, 0.2) is 9.84 Å². The molecular weight excluding hydrogens is 205 g/mol. The third-order valence-electron chi connectivity index (χ3n) is 1.87. The summed E-state index contributed by atoms with van der Waals surface area (Å²) in [6.45, 7) is 1.55. The van der Waals surface area contributed by atoms with Gasteiger partial charge in [0, 0.05) is 17.9 Å². The normalized spacial score (nSPS) is 14.0. The highest BCUT2D eigenvalue weighted by atomic mass is 32.2. The standard InChI is InChI=1S/C9H12FNO2S/c1-6(11)9-7(10)4-3-5-8(9)14(2,12)13/h3-6H,11H2,1-2H3. The predicted molar refractivity (Wildman–Crippen MR) is 52.1 cm³/mol. The molecule has 1 aromatic rings. The minimum Gasteiger partial charge on any atom is -0.324 e. The summed E-state index contributed by atoms with van der Waals surface area (Å²) in [5, 5.41) is 0. The van der Waals surface area contributed by atoms with E-state index in [9.17, 15) is 12.8 Å². The molecule has 0 aromatic heterocycles. The van der Waals surface area contributed by atoms with Crippen LogP contribution >= 0.6 is 0 Å². The quantitative estimate of drug-likeness (QED) is 0.811. The van der Waals surface area contributed by atoms with Crippen LogP contribution in [0.5, 0.6) is 0 Å². The van der Waals surface area contributed by atoms with Crippen LogP contribution in [0.25, 0.3) is 0 Å². The molecule has 1 unspecified atom stereocenters. The van der Waals surface area contributed by atoms with E-state index in [1.165, 1.54) is 18.2 Å². The molecule has 14 heavy (non-hydrogen) atoms. The molecule has 0 aliphatic carbocycles. The van der Waals surface area contributed by atoms with Crippen LogP contribution in [-0.4, -0.2) is 14.7 Å². The fraction of sp³-hybridized carbons (Fsp3) is 0.333. The molecule has 2 N–H and O–H groups in total. The molecule has 0 bridgehead atoms. The zero-order chi connectivity index (χ0) is 10.9. The fourth-order valence-corrected chi connectivity index (χ4v) is 2.29. The van der Waals surface area contributed by atoms with Crippen LogP contribution in [0, 0.1) is 5.82 Å². The third-order valence-corrected chi connectivity index (χ3v) is 3.02. The predicted octanol–water partition coefficient (Wildman–Crippen LogP) is 1.25.